The van der Waals surface area contributed by atoms with E-state index < -0.39 is 0 Å². The first kappa shape index (κ1) is 8.50. The van der Waals surface area contributed by atoms with Gasteiger partial charge in [0.1, 0.15) is 0 Å². The zero-order valence-corrected chi connectivity index (χ0v) is 7.53. The lowest BCUT2D eigenvalue weighted by Crippen LogP contribution is -2.07. The summed E-state index contributed by atoms with van der Waals surface area (Å²) in [5.41, 5.74) is 7.08. The van der Waals surface area contributed by atoms with E-state index in [4.69, 9.17) is 5.73 Å². The van der Waals surface area contributed by atoms with Gasteiger partial charge >= 0.3 is 0 Å². The molecule has 0 radical (unpaired) electrons. The molecular weight excluding hydrogens is 154 g/mol. The average molecular weight is 167 g/mol. The van der Waals surface area contributed by atoms with Gasteiger partial charge in [-0.05, 0) is 30.4 Å². The van der Waals surface area contributed by atoms with Crippen LogP contribution >= 0.6 is 11.3 Å². The fraction of sp³-hybridized carbons (Fsp3) is 0.333. The molecule has 0 amide bonds. The summed E-state index contributed by atoms with van der Waals surface area (Å²) >= 11 is 1.74. The molecule has 0 saturated carbocycles. The summed E-state index contributed by atoms with van der Waals surface area (Å²) in [6, 6.07) is 2.27. The molecule has 0 aliphatic heterocycles. The Bertz CT molecular complexity index is 239. The maximum atomic E-state index is 5.85. The van der Waals surface area contributed by atoms with Crippen molar-refractivity contribution >= 4 is 11.3 Å². The second-order valence-electron chi connectivity index (χ2n) is 2.62. The zero-order valence-electron chi connectivity index (χ0n) is 6.71. The van der Waals surface area contributed by atoms with Crippen molar-refractivity contribution in [1.29, 1.82) is 0 Å². The van der Waals surface area contributed by atoms with Gasteiger partial charge in [-0.1, -0.05) is 6.08 Å². The number of hydrogen-bond acceptors (Lipinski definition) is 2. The van der Waals surface area contributed by atoms with Gasteiger partial charge in [0.05, 0.1) is 0 Å². The molecule has 1 aromatic rings. The minimum atomic E-state index is 0.137. The maximum absolute atomic E-state index is 5.85. The summed E-state index contributed by atoms with van der Waals surface area (Å²) in [6.07, 6.45) is 2.72. The lowest BCUT2D eigenvalue weighted by Gasteiger charge is -2.04. The SMILES string of the molecule is C=CCC(N)c1csc(C)c1. The van der Waals surface area contributed by atoms with Crippen LogP contribution in [0.15, 0.2) is 24.1 Å². The van der Waals surface area contributed by atoms with E-state index >= 15 is 0 Å². The molecule has 0 bridgehead atoms. The van der Waals surface area contributed by atoms with Crippen molar-refractivity contribution < 1.29 is 0 Å². The van der Waals surface area contributed by atoms with Gasteiger partial charge in [0.25, 0.3) is 0 Å². The van der Waals surface area contributed by atoms with Crippen LogP contribution < -0.4 is 5.73 Å². The van der Waals surface area contributed by atoms with Crippen LogP contribution in [-0.2, 0) is 0 Å². The topological polar surface area (TPSA) is 26.0 Å². The van der Waals surface area contributed by atoms with Gasteiger partial charge in [0.15, 0.2) is 0 Å². The molecule has 2 N–H and O–H groups in total. The van der Waals surface area contributed by atoms with E-state index in [9.17, 15) is 0 Å². The van der Waals surface area contributed by atoms with E-state index in [2.05, 4.69) is 24.9 Å². The van der Waals surface area contributed by atoms with E-state index in [-0.39, 0.29) is 6.04 Å². The molecule has 11 heavy (non-hydrogen) atoms. The van der Waals surface area contributed by atoms with Crippen molar-refractivity contribution in [2.24, 2.45) is 5.73 Å². The summed E-state index contributed by atoms with van der Waals surface area (Å²) in [7, 11) is 0. The van der Waals surface area contributed by atoms with Crippen LogP contribution in [0.3, 0.4) is 0 Å². The lowest BCUT2D eigenvalue weighted by molar-refractivity contribution is 0.745. The number of aryl methyl sites for hydroxylation is 1. The highest BCUT2D eigenvalue weighted by Gasteiger charge is 2.04. The zero-order chi connectivity index (χ0) is 8.27. The second-order valence-corrected chi connectivity index (χ2v) is 3.74. The molecule has 0 saturated heterocycles. The summed E-state index contributed by atoms with van der Waals surface area (Å²) in [5, 5.41) is 2.11. The Morgan fingerprint density at radius 2 is 2.55 bits per heavy atom. The van der Waals surface area contributed by atoms with Crippen LogP contribution in [0.25, 0.3) is 0 Å². The normalized spacial score (nSPS) is 12.9. The molecule has 60 valence electrons. The van der Waals surface area contributed by atoms with Gasteiger partial charge in [-0.2, -0.15) is 0 Å². The first-order valence-corrected chi connectivity index (χ1v) is 4.53. The molecule has 1 atom stereocenters. The summed E-state index contributed by atoms with van der Waals surface area (Å²) < 4.78 is 0. The van der Waals surface area contributed by atoms with Crippen molar-refractivity contribution in [3.63, 3.8) is 0 Å². The number of hydrogen-bond donors (Lipinski definition) is 1. The Morgan fingerprint density at radius 1 is 1.82 bits per heavy atom. The van der Waals surface area contributed by atoms with Gasteiger partial charge in [-0.15, -0.1) is 17.9 Å². The molecule has 1 nitrogen and oxygen atoms in total. The summed E-state index contributed by atoms with van der Waals surface area (Å²) in [4.78, 5) is 1.32. The van der Waals surface area contributed by atoms with Crippen LogP contribution in [0.2, 0.25) is 0 Å². The smallest absolute Gasteiger partial charge is 0.0338 e. The Hall–Kier alpha value is -0.600. The van der Waals surface area contributed by atoms with Crippen LogP contribution in [0, 0.1) is 6.92 Å². The van der Waals surface area contributed by atoms with Gasteiger partial charge < -0.3 is 5.73 Å². The predicted octanol–water partition coefficient (Wildman–Crippen LogP) is 2.63. The van der Waals surface area contributed by atoms with Gasteiger partial charge in [-0.25, -0.2) is 0 Å². The molecule has 0 spiro atoms. The van der Waals surface area contributed by atoms with Crippen molar-refractivity contribution in [3.8, 4) is 0 Å². The summed E-state index contributed by atoms with van der Waals surface area (Å²) in [5.74, 6) is 0. The van der Waals surface area contributed by atoms with E-state index in [1.807, 2.05) is 6.08 Å². The Kier molecular flexibility index (Phi) is 2.85. The Morgan fingerprint density at radius 3 is 3.00 bits per heavy atom. The van der Waals surface area contributed by atoms with Crippen molar-refractivity contribution in [1.82, 2.24) is 0 Å². The number of nitrogens with two attached hydrogens (primary N) is 1. The van der Waals surface area contributed by atoms with Gasteiger partial charge in [-0.3, -0.25) is 0 Å². The Balaban J connectivity index is 2.67. The fourth-order valence-electron chi connectivity index (χ4n) is 0.974. The molecule has 0 aliphatic carbocycles. The van der Waals surface area contributed by atoms with Gasteiger partial charge in [0, 0.05) is 10.9 Å². The third-order valence-corrected chi connectivity index (χ3v) is 2.48. The van der Waals surface area contributed by atoms with Crippen LogP contribution in [0.4, 0.5) is 0 Å². The molecule has 0 aromatic carbocycles. The molecule has 2 heteroatoms. The monoisotopic (exact) mass is 167 g/mol. The minimum absolute atomic E-state index is 0.137. The predicted molar refractivity (Wildman–Crippen MR) is 50.8 cm³/mol. The van der Waals surface area contributed by atoms with Crippen molar-refractivity contribution in [2.75, 3.05) is 0 Å². The fourth-order valence-corrected chi connectivity index (χ4v) is 1.74. The van der Waals surface area contributed by atoms with E-state index in [1.54, 1.807) is 11.3 Å². The molecule has 1 unspecified atom stereocenters. The molecule has 0 aliphatic rings. The third-order valence-electron chi connectivity index (χ3n) is 1.60. The second kappa shape index (κ2) is 3.69. The molecule has 1 aromatic heterocycles. The maximum Gasteiger partial charge on any atom is 0.0338 e. The number of rotatable bonds is 3. The first-order chi connectivity index (χ1) is 5.24. The van der Waals surface area contributed by atoms with Crippen molar-refractivity contribution in [3.05, 3.63) is 34.5 Å². The van der Waals surface area contributed by atoms with Crippen LogP contribution in [0.1, 0.15) is 22.9 Å². The highest BCUT2D eigenvalue weighted by atomic mass is 32.1. The van der Waals surface area contributed by atoms with Gasteiger partial charge in [0.2, 0.25) is 0 Å². The van der Waals surface area contributed by atoms with Crippen LogP contribution in [-0.4, -0.2) is 0 Å². The number of thiophene rings is 1. The van der Waals surface area contributed by atoms with E-state index in [1.165, 1.54) is 10.4 Å². The Labute approximate surface area is 71.5 Å². The average Bonchev–Trinajstić information content (AvgIpc) is 2.36. The summed E-state index contributed by atoms with van der Waals surface area (Å²) in [6.45, 7) is 5.75. The standard InChI is InChI=1S/C9H13NS/c1-3-4-9(10)8-5-7(2)11-6-8/h3,5-6,9H,1,4,10H2,2H3. The van der Waals surface area contributed by atoms with E-state index in [0.717, 1.165) is 6.42 Å². The highest BCUT2D eigenvalue weighted by Crippen LogP contribution is 2.20. The van der Waals surface area contributed by atoms with Crippen LogP contribution in [0.5, 0.6) is 0 Å². The first-order valence-electron chi connectivity index (χ1n) is 3.65. The lowest BCUT2D eigenvalue weighted by atomic mass is 10.1. The third kappa shape index (κ3) is 2.17. The minimum Gasteiger partial charge on any atom is -0.324 e. The molecule has 1 heterocycles. The highest BCUT2D eigenvalue weighted by molar-refractivity contribution is 7.10. The largest absolute Gasteiger partial charge is 0.324 e. The van der Waals surface area contributed by atoms with E-state index in [0.29, 0.717) is 0 Å². The molecule has 0 fully saturated rings. The van der Waals surface area contributed by atoms with Crippen molar-refractivity contribution in [2.45, 2.75) is 19.4 Å². The quantitative estimate of drug-likeness (QED) is 0.688. The molecule has 1 rings (SSSR count). The molecular formula is C9H13NS.